The van der Waals surface area contributed by atoms with Crippen LogP contribution in [0, 0.1) is 0 Å². The van der Waals surface area contributed by atoms with Crippen LogP contribution in [0.25, 0.3) is 11.2 Å². The first-order chi connectivity index (χ1) is 21.0. The summed E-state index contributed by atoms with van der Waals surface area (Å²) >= 11 is 1.21. The molecular weight excluding hydrogens is 691 g/mol. The number of ether oxygens (including phenoxy) is 4. The van der Waals surface area contributed by atoms with Crippen molar-refractivity contribution in [1.82, 2.24) is 19.5 Å². The third-order valence-corrected chi connectivity index (χ3v) is 10.6. The molecule has 1 aromatic carbocycles. The smallest absolute Gasteiger partial charge is 0.490 e. The Morgan fingerprint density at radius 3 is 2.53 bits per heavy atom. The lowest BCUT2D eigenvalue weighted by molar-refractivity contribution is -0.0523. The number of phosphoric ester groups is 1. The van der Waals surface area contributed by atoms with Crippen molar-refractivity contribution in [2.24, 2.45) is 0 Å². The molecule has 0 bridgehead atoms. The second kappa shape index (κ2) is 14.1. The van der Waals surface area contributed by atoms with Crippen LogP contribution in [0.2, 0.25) is 0 Å². The number of fused-ring (bicyclic) bond motifs is 1. The van der Waals surface area contributed by atoms with Crippen molar-refractivity contribution < 1.29 is 70.5 Å². The van der Waals surface area contributed by atoms with Crippen LogP contribution in [-0.2, 0) is 42.1 Å². The number of phenolic OH excluding ortho intramolecular Hbond substituents is 1. The van der Waals surface area contributed by atoms with Gasteiger partial charge in [0.2, 0.25) is 5.95 Å². The summed E-state index contributed by atoms with van der Waals surface area (Å²) in [5.74, 6) is 0.680. The molecule has 0 amide bonds. The number of nitrogens with one attached hydrogen (secondary N) is 1. The molecule has 8 N–H and O–H groups in total. The molecule has 45 heavy (non-hydrogen) atoms. The lowest BCUT2D eigenvalue weighted by atomic mass is 10.2. The number of methoxy groups -OCH3 is 2. The molecule has 0 saturated carbocycles. The van der Waals surface area contributed by atoms with E-state index in [0.29, 0.717) is 17.1 Å². The average Bonchev–Trinajstić information content (AvgIpc) is 3.52. The van der Waals surface area contributed by atoms with Crippen LogP contribution < -0.4 is 20.8 Å². The Kier molecular flexibility index (Phi) is 11.0. The van der Waals surface area contributed by atoms with Gasteiger partial charge in [-0.05, 0) is 0 Å². The Morgan fingerprint density at radius 1 is 1.13 bits per heavy atom. The number of benzene rings is 1. The summed E-state index contributed by atoms with van der Waals surface area (Å²) in [5.41, 5.74) is 5.51. The van der Waals surface area contributed by atoms with Crippen LogP contribution >= 0.6 is 35.2 Å². The Labute approximate surface area is 257 Å². The SMILES string of the molecule is COc1cc(O)c(CSCO[C@H]2C[C@H](n3cnc4c(=O)[nH]c(N)nc43)O[C@@H]2COP(=O)(O)OP(=O)(O)OP(=O)(O)O)c(OC)c1. The van der Waals surface area contributed by atoms with E-state index in [2.05, 4.69) is 23.6 Å². The van der Waals surface area contributed by atoms with Gasteiger partial charge in [-0.2, -0.15) is 13.6 Å². The van der Waals surface area contributed by atoms with Crippen molar-refractivity contribution in [2.45, 2.75) is 30.6 Å². The van der Waals surface area contributed by atoms with Gasteiger partial charge in [0.15, 0.2) is 11.2 Å². The van der Waals surface area contributed by atoms with Gasteiger partial charge >= 0.3 is 23.5 Å². The second-order valence-electron chi connectivity index (χ2n) is 9.03. The number of nitrogen functional groups attached to an aromatic ring is 1. The van der Waals surface area contributed by atoms with E-state index >= 15 is 0 Å². The van der Waals surface area contributed by atoms with Gasteiger partial charge in [0.05, 0.1) is 39.2 Å². The number of aromatic amines is 1. The van der Waals surface area contributed by atoms with Gasteiger partial charge in [0.1, 0.15) is 29.6 Å². The summed E-state index contributed by atoms with van der Waals surface area (Å²) in [6, 6.07) is 3.00. The monoisotopic (exact) mass is 719 g/mol. The lowest BCUT2D eigenvalue weighted by Gasteiger charge is -2.21. The number of anilines is 1. The molecule has 4 rings (SSSR count). The topological polar surface area (TPSA) is 307 Å². The van der Waals surface area contributed by atoms with Gasteiger partial charge in [-0.15, -0.1) is 11.8 Å². The molecule has 3 heterocycles. The summed E-state index contributed by atoms with van der Waals surface area (Å²) in [7, 11) is -14.0. The minimum atomic E-state index is -5.75. The molecule has 2 unspecified atom stereocenters. The molecule has 0 aliphatic carbocycles. The van der Waals surface area contributed by atoms with E-state index in [9.17, 15) is 33.4 Å². The normalized spacial score (nSPS) is 21.4. The van der Waals surface area contributed by atoms with Crippen molar-refractivity contribution in [3.63, 3.8) is 0 Å². The molecular formula is C20H28N5O16P3S. The largest absolute Gasteiger partial charge is 0.507 e. The highest BCUT2D eigenvalue weighted by Crippen LogP contribution is 2.66. The number of nitrogens with two attached hydrogens (primary N) is 1. The third kappa shape index (κ3) is 9.26. The predicted molar refractivity (Wildman–Crippen MR) is 153 cm³/mol. The van der Waals surface area contributed by atoms with E-state index in [0.717, 1.165) is 0 Å². The second-order valence-corrected chi connectivity index (χ2v) is 14.4. The predicted octanol–water partition coefficient (Wildman–Crippen LogP) is 1.33. The molecule has 21 nitrogen and oxygen atoms in total. The molecule has 250 valence electrons. The fraction of sp³-hybridized carbons (Fsp3) is 0.450. The van der Waals surface area contributed by atoms with Gasteiger partial charge in [-0.25, -0.2) is 18.7 Å². The quantitative estimate of drug-likeness (QED) is 0.0662. The fourth-order valence-electron chi connectivity index (χ4n) is 4.15. The third-order valence-electron chi connectivity index (χ3n) is 5.99. The number of nitrogens with zero attached hydrogens (tertiary/aromatic N) is 3. The molecule has 3 aromatic rings. The zero-order valence-corrected chi connectivity index (χ0v) is 26.7. The molecule has 25 heteroatoms. The Hall–Kier alpha value is -2.55. The zero-order valence-electron chi connectivity index (χ0n) is 23.2. The van der Waals surface area contributed by atoms with Gasteiger partial charge in [0.25, 0.3) is 5.56 Å². The van der Waals surface area contributed by atoms with Crippen molar-refractivity contribution in [3.8, 4) is 17.2 Å². The molecule has 1 saturated heterocycles. The van der Waals surface area contributed by atoms with E-state index in [1.807, 2.05) is 0 Å². The number of thioether (sulfide) groups is 1. The van der Waals surface area contributed by atoms with Crippen LogP contribution in [0.1, 0.15) is 18.2 Å². The van der Waals surface area contributed by atoms with E-state index in [1.165, 1.54) is 42.9 Å². The van der Waals surface area contributed by atoms with Crippen LogP contribution in [0.4, 0.5) is 5.95 Å². The van der Waals surface area contributed by atoms with E-state index in [1.54, 1.807) is 6.07 Å². The summed E-state index contributed by atoms with van der Waals surface area (Å²) in [6.45, 7) is -0.800. The van der Waals surface area contributed by atoms with Crippen LogP contribution in [-0.4, -0.2) is 83.2 Å². The maximum absolute atomic E-state index is 12.3. The van der Waals surface area contributed by atoms with Gasteiger partial charge in [0, 0.05) is 29.9 Å². The first kappa shape index (κ1) is 35.3. The first-order valence-corrected chi connectivity index (χ1v) is 18.0. The van der Waals surface area contributed by atoms with Crippen molar-refractivity contribution in [3.05, 3.63) is 34.4 Å². The van der Waals surface area contributed by atoms with Crippen LogP contribution in [0.3, 0.4) is 0 Å². The fourth-order valence-corrected chi connectivity index (χ4v) is 8.03. The van der Waals surface area contributed by atoms with Crippen molar-refractivity contribution >= 4 is 52.3 Å². The van der Waals surface area contributed by atoms with Crippen LogP contribution in [0.5, 0.6) is 17.2 Å². The van der Waals surface area contributed by atoms with E-state index < -0.39 is 54.1 Å². The highest BCUT2D eigenvalue weighted by atomic mass is 32.2. The first-order valence-electron chi connectivity index (χ1n) is 12.3. The number of hydrogen-bond donors (Lipinski definition) is 7. The van der Waals surface area contributed by atoms with Crippen molar-refractivity contribution in [1.29, 1.82) is 0 Å². The summed E-state index contributed by atoms with van der Waals surface area (Å²) < 4.78 is 70.8. The lowest BCUT2D eigenvalue weighted by Crippen LogP contribution is -2.29. The van der Waals surface area contributed by atoms with E-state index in [4.69, 9.17) is 39.0 Å². The highest BCUT2D eigenvalue weighted by molar-refractivity contribution is 7.98. The Bertz CT molecular complexity index is 1730. The number of phosphoric acid groups is 3. The summed E-state index contributed by atoms with van der Waals surface area (Å²) in [4.78, 5) is 59.4. The van der Waals surface area contributed by atoms with Crippen molar-refractivity contribution in [2.75, 3.05) is 32.5 Å². The molecule has 5 atom stereocenters. The minimum Gasteiger partial charge on any atom is -0.507 e. The number of rotatable bonds is 15. The Morgan fingerprint density at radius 2 is 1.87 bits per heavy atom. The van der Waals surface area contributed by atoms with Crippen LogP contribution in [0.15, 0.2) is 23.3 Å². The van der Waals surface area contributed by atoms with Gasteiger partial charge < -0.3 is 49.4 Å². The average molecular weight is 719 g/mol. The highest BCUT2D eigenvalue weighted by Gasteiger charge is 2.43. The molecule has 0 spiro atoms. The maximum atomic E-state index is 12.3. The zero-order chi connectivity index (χ0) is 33.2. The Balaban J connectivity index is 1.48. The van der Waals surface area contributed by atoms with Gasteiger partial charge in [-0.3, -0.25) is 18.9 Å². The van der Waals surface area contributed by atoms with E-state index in [-0.39, 0.29) is 41.0 Å². The number of aromatic nitrogens is 4. The molecule has 0 radical (unpaired) electrons. The summed E-state index contributed by atoms with van der Waals surface area (Å²) in [6.07, 6.45) is -1.69. The number of H-pyrrole nitrogens is 1. The maximum Gasteiger partial charge on any atom is 0.490 e. The summed E-state index contributed by atoms with van der Waals surface area (Å²) in [5, 5.41) is 10.4. The van der Waals surface area contributed by atoms with Gasteiger partial charge in [-0.1, -0.05) is 0 Å². The number of imidazole rings is 1. The molecule has 1 aliphatic rings. The molecule has 1 aliphatic heterocycles. The number of hydrogen-bond acceptors (Lipinski definition) is 16. The number of phenols is 1. The molecule has 1 fully saturated rings. The molecule has 2 aromatic heterocycles. The number of aromatic hydroxyl groups is 1. The minimum absolute atomic E-state index is 0.0172. The standard InChI is InChI=1S/C20H28N5O16P3S/c1-35-10-3-12(26)11(13(4-10)36-2)7-45-9-37-14-5-16(25-8-22-17-18(25)23-20(21)24-19(17)27)39-15(14)6-38-43(31,32)41-44(33,34)40-42(28,29)30/h3-4,8,14-16,26H,5-7,9H2,1-2H3,(H,31,32)(H,33,34)(H2,28,29,30)(H3,21,23,24,27)/t14-,15+,16+/m0/s1.